The van der Waals surface area contributed by atoms with Gasteiger partial charge in [-0.25, -0.2) is 4.39 Å². The first-order valence-electron chi connectivity index (χ1n) is 12.0. The molecule has 194 valence electrons. The molecule has 2 aromatic rings. The molecule has 4 atom stereocenters. The van der Waals surface area contributed by atoms with Gasteiger partial charge in [0, 0.05) is 41.6 Å². The van der Waals surface area contributed by atoms with Crippen LogP contribution in [-0.4, -0.2) is 47.2 Å². The van der Waals surface area contributed by atoms with E-state index in [9.17, 15) is 23.6 Å². The van der Waals surface area contributed by atoms with E-state index in [0.29, 0.717) is 13.0 Å². The highest BCUT2D eigenvalue weighted by Crippen LogP contribution is 2.46. The minimum Gasteiger partial charge on any atom is -0.369 e. The standard InChI is InChI=1S/C27H28ClFN4O4/c28-20-8-6-17(22(29)13-20)7-9-23(34)33-15-19(16-4-2-1-3-5-16)14-27(33,26(31)37)21(24(30)35)12-18-10-11-32-25(18)36/h1-9,13,18-19,21H,10-12,14-15H2,(H2,30,35)(H2,31,37)(H,32,36)/b9-7+/t18-,19?,21-,27?/m1/s1. The maximum absolute atomic E-state index is 14.3. The smallest absolute Gasteiger partial charge is 0.247 e. The summed E-state index contributed by atoms with van der Waals surface area (Å²) in [5, 5.41) is 2.93. The number of primary amides is 2. The number of benzene rings is 2. The Morgan fingerprint density at radius 3 is 2.51 bits per heavy atom. The number of halogens is 2. The minimum absolute atomic E-state index is 0.0229. The Balaban J connectivity index is 1.75. The van der Waals surface area contributed by atoms with Crippen LogP contribution in [0.5, 0.6) is 0 Å². The van der Waals surface area contributed by atoms with Gasteiger partial charge in [-0.1, -0.05) is 48.0 Å². The number of hydrogen-bond donors (Lipinski definition) is 3. The molecule has 8 nitrogen and oxygen atoms in total. The molecule has 2 aliphatic heterocycles. The van der Waals surface area contributed by atoms with Gasteiger partial charge < -0.3 is 21.7 Å². The minimum atomic E-state index is -1.77. The van der Waals surface area contributed by atoms with Gasteiger partial charge in [-0.15, -0.1) is 0 Å². The van der Waals surface area contributed by atoms with Crippen molar-refractivity contribution in [1.29, 1.82) is 0 Å². The molecule has 0 saturated carbocycles. The molecule has 0 aliphatic carbocycles. The molecule has 4 amide bonds. The van der Waals surface area contributed by atoms with E-state index in [-0.39, 0.29) is 41.8 Å². The van der Waals surface area contributed by atoms with Gasteiger partial charge in [0.15, 0.2) is 0 Å². The van der Waals surface area contributed by atoms with Gasteiger partial charge in [-0.05, 0) is 43.0 Å². The molecule has 2 heterocycles. The Morgan fingerprint density at radius 1 is 1.19 bits per heavy atom. The van der Waals surface area contributed by atoms with E-state index in [4.69, 9.17) is 23.1 Å². The second-order valence-electron chi connectivity index (χ2n) is 9.52. The number of hydrogen-bond acceptors (Lipinski definition) is 4. The van der Waals surface area contributed by atoms with Crippen LogP contribution in [0.4, 0.5) is 4.39 Å². The maximum atomic E-state index is 14.3. The number of carbonyl (C=O) groups excluding carboxylic acids is 4. The van der Waals surface area contributed by atoms with E-state index in [2.05, 4.69) is 5.32 Å². The molecule has 2 aliphatic rings. The molecule has 4 rings (SSSR count). The van der Waals surface area contributed by atoms with E-state index in [1.54, 1.807) is 0 Å². The van der Waals surface area contributed by atoms with Gasteiger partial charge in [-0.2, -0.15) is 0 Å². The topological polar surface area (TPSA) is 136 Å². The molecule has 2 saturated heterocycles. The largest absolute Gasteiger partial charge is 0.369 e. The highest BCUT2D eigenvalue weighted by Gasteiger charge is 2.59. The van der Waals surface area contributed by atoms with Crippen molar-refractivity contribution in [2.45, 2.75) is 30.7 Å². The summed E-state index contributed by atoms with van der Waals surface area (Å²) in [6.07, 6.45) is 2.92. The zero-order chi connectivity index (χ0) is 26.7. The second kappa shape index (κ2) is 10.7. The van der Waals surface area contributed by atoms with Crippen LogP contribution in [0.2, 0.25) is 5.02 Å². The summed E-state index contributed by atoms with van der Waals surface area (Å²) in [6.45, 7) is 0.531. The SMILES string of the molecule is NC(=O)[C@@H](C[C@H]1CCNC1=O)C1(C(N)=O)CC(c2ccccc2)CN1C(=O)/C=C/c1ccc(Cl)cc1F. The molecule has 0 radical (unpaired) electrons. The fourth-order valence-electron chi connectivity index (χ4n) is 5.49. The summed E-state index contributed by atoms with van der Waals surface area (Å²) in [5.74, 6) is -5.25. The van der Waals surface area contributed by atoms with Crippen molar-refractivity contribution in [3.05, 3.63) is 76.6 Å². The summed E-state index contributed by atoms with van der Waals surface area (Å²) >= 11 is 5.81. The Hall–Kier alpha value is -3.72. The van der Waals surface area contributed by atoms with Crippen LogP contribution in [0.1, 0.15) is 36.3 Å². The van der Waals surface area contributed by atoms with Crippen molar-refractivity contribution in [1.82, 2.24) is 10.2 Å². The predicted octanol–water partition coefficient (Wildman–Crippen LogP) is 2.36. The predicted molar refractivity (Wildman–Crippen MR) is 136 cm³/mol. The molecule has 2 fully saturated rings. The van der Waals surface area contributed by atoms with E-state index >= 15 is 0 Å². The summed E-state index contributed by atoms with van der Waals surface area (Å²) in [7, 11) is 0. The van der Waals surface area contributed by atoms with Crippen LogP contribution in [-0.2, 0) is 19.2 Å². The van der Waals surface area contributed by atoms with Gasteiger partial charge >= 0.3 is 0 Å². The van der Waals surface area contributed by atoms with Crippen molar-refractivity contribution in [3.63, 3.8) is 0 Å². The third-order valence-electron chi connectivity index (χ3n) is 7.38. The molecule has 0 aromatic heterocycles. The average molecular weight is 527 g/mol. The molecule has 2 aromatic carbocycles. The fourth-order valence-corrected chi connectivity index (χ4v) is 5.65. The number of amides is 4. The van der Waals surface area contributed by atoms with E-state index in [0.717, 1.165) is 17.7 Å². The highest BCUT2D eigenvalue weighted by molar-refractivity contribution is 6.30. The summed E-state index contributed by atoms with van der Waals surface area (Å²) in [4.78, 5) is 53.2. The van der Waals surface area contributed by atoms with Crippen LogP contribution < -0.4 is 16.8 Å². The molecule has 5 N–H and O–H groups in total. The first-order chi connectivity index (χ1) is 17.6. The van der Waals surface area contributed by atoms with Gasteiger partial charge in [0.05, 0.1) is 5.92 Å². The van der Waals surface area contributed by atoms with E-state index < -0.39 is 40.9 Å². The van der Waals surface area contributed by atoms with Crippen molar-refractivity contribution in [2.24, 2.45) is 23.3 Å². The van der Waals surface area contributed by atoms with Crippen molar-refractivity contribution in [3.8, 4) is 0 Å². The molecule has 0 spiro atoms. The zero-order valence-electron chi connectivity index (χ0n) is 20.0. The Labute approximate surface area is 218 Å². The van der Waals surface area contributed by atoms with Crippen molar-refractivity contribution >= 4 is 41.3 Å². The summed E-state index contributed by atoms with van der Waals surface area (Å²) in [5.41, 5.74) is 11.0. The Morgan fingerprint density at radius 2 is 1.92 bits per heavy atom. The van der Waals surface area contributed by atoms with Crippen LogP contribution in [0.3, 0.4) is 0 Å². The number of rotatable bonds is 8. The van der Waals surface area contributed by atoms with Gasteiger partial charge in [-0.3, -0.25) is 19.2 Å². The molecule has 10 heteroatoms. The van der Waals surface area contributed by atoms with Crippen molar-refractivity contribution in [2.75, 3.05) is 13.1 Å². The lowest BCUT2D eigenvalue weighted by Crippen LogP contribution is -2.63. The lowest BCUT2D eigenvalue weighted by Gasteiger charge is -2.40. The fraction of sp³-hybridized carbons (Fsp3) is 0.333. The van der Waals surface area contributed by atoms with Crippen LogP contribution in [0.15, 0.2) is 54.6 Å². The molecular weight excluding hydrogens is 499 g/mol. The van der Waals surface area contributed by atoms with E-state index in [1.807, 2.05) is 30.3 Å². The van der Waals surface area contributed by atoms with Crippen LogP contribution in [0, 0.1) is 17.7 Å². The first-order valence-corrected chi connectivity index (χ1v) is 12.4. The normalized spacial score (nSPS) is 24.3. The molecule has 0 bridgehead atoms. The van der Waals surface area contributed by atoms with E-state index in [1.165, 1.54) is 23.1 Å². The van der Waals surface area contributed by atoms with Gasteiger partial charge in [0.2, 0.25) is 23.6 Å². The third kappa shape index (κ3) is 5.22. The van der Waals surface area contributed by atoms with Gasteiger partial charge in [0.25, 0.3) is 0 Å². The highest BCUT2D eigenvalue weighted by atomic mass is 35.5. The maximum Gasteiger partial charge on any atom is 0.247 e. The number of nitrogens with two attached hydrogens (primary N) is 2. The van der Waals surface area contributed by atoms with Gasteiger partial charge in [0.1, 0.15) is 11.4 Å². The van der Waals surface area contributed by atoms with Crippen molar-refractivity contribution < 1.29 is 23.6 Å². The number of likely N-dealkylation sites (tertiary alicyclic amines) is 1. The first kappa shape index (κ1) is 26.3. The molecule has 2 unspecified atom stereocenters. The number of carbonyl (C=O) groups is 4. The van der Waals surface area contributed by atoms with Crippen LogP contribution >= 0.6 is 11.6 Å². The zero-order valence-corrected chi connectivity index (χ0v) is 20.8. The van der Waals surface area contributed by atoms with Crippen LogP contribution in [0.25, 0.3) is 6.08 Å². The Bertz CT molecular complexity index is 1250. The third-order valence-corrected chi connectivity index (χ3v) is 7.61. The monoisotopic (exact) mass is 526 g/mol. The summed E-state index contributed by atoms with van der Waals surface area (Å²) < 4.78 is 14.3. The Kier molecular flexibility index (Phi) is 7.63. The average Bonchev–Trinajstić information content (AvgIpc) is 3.46. The molecular formula is C27H28ClFN4O4. The molecule has 37 heavy (non-hydrogen) atoms. The number of nitrogens with zero attached hydrogens (tertiary/aromatic N) is 1. The second-order valence-corrected chi connectivity index (χ2v) is 9.95. The lowest BCUT2D eigenvalue weighted by molar-refractivity contribution is -0.148. The quantitative estimate of drug-likeness (QED) is 0.455. The lowest BCUT2D eigenvalue weighted by atomic mass is 9.73. The summed E-state index contributed by atoms with van der Waals surface area (Å²) in [6, 6.07) is 13.3. The number of nitrogens with one attached hydrogen (secondary N) is 1.